The normalized spacial score (nSPS) is 11.3. The molecule has 0 bridgehead atoms. The summed E-state index contributed by atoms with van der Waals surface area (Å²) in [4.78, 5) is 15.9. The fourth-order valence-electron chi connectivity index (χ4n) is 1.50. The standard InChI is InChI=1S/C12H9F3N2OS/c13-12(14,15)7-17-11(18)10-9(3-5-19-10)8-2-1-4-16-6-8/h1-6H,7H2,(H,17,18). The van der Waals surface area contributed by atoms with Crippen molar-refractivity contribution in [1.82, 2.24) is 10.3 Å². The Morgan fingerprint density at radius 2 is 2.16 bits per heavy atom. The number of nitrogens with one attached hydrogen (secondary N) is 1. The number of alkyl halides is 3. The molecular formula is C12H9F3N2OS. The minimum atomic E-state index is -4.42. The zero-order valence-corrected chi connectivity index (χ0v) is 10.4. The number of carbonyl (C=O) groups excluding carboxylic acids is 1. The third-order valence-electron chi connectivity index (χ3n) is 2.29. The van der Waals surface area contributed by atoms with E-state index in [0.717, 1.165) is 11.3 Å². The van der Waals surface area contributed by atoms with Crippen LogP contribution in [0.25, 0.3) is 11.1 Å². The van der Waals surface area contributed by atoms with E-state index in [9.17, 15) is 18.0 Å². The van der Waals surface area contributed by atoms with Gasteiger partial charge in [0.25, 0.3) is 5.91 Å². The van der Waals surface area contributed by atoms with Crippen LogP contribution in [-0.4, -0.2) is 23.6 Å². The molecule has 0 radical (unpaired) electrons. The topological polar surface area (TPSA) is 42.0 Å². The monoisotopic (exact) mass is 286 g/mol. The van der Waals surface area contributed by atoms with Crippen LogP contribution in [0.3, 0.4) is 0 Å². The minimum Gasteiger partial charge on any atom is -0.342 e. The molecule has 2 heterocycles. The quantitative estimate of drug-likeness (QED) is 0.942. The molecule has 7 heteroatoms. The number of thiophene rings is 1. The van der Waals surface area contributed by atoms with Crippen molar-refractivity contribution in [3.8, 4) is 11.1 Å². The molecule has 2 aromatic heterocycles. The highest BCUT2D eigenvalue weighted by atomic mass is 32.1. The highest BCUT2D eigenvalue weighted by Gasteiger charge is 2.28. The molecule has 1 N–H and O–H groups in total. The Hall–Kier alpha value is -1.89. The molecule has 0 atom stereocenters. The summed E-state index contributed by atoms with van der Waals surface area (Å²) in [6.45, 7) is -1.34. The SMILES string of the molecule is O=C(NCC(F)(F)F)c1sccc1-c1cccnc1. The summed E-state index contributed by atoms with van der Waals surface area (Å²) in [6.07, 6.45) is -1.27. The highest BCUT2D eigenvalue weighted by Crippen LogP contribution is 2.27. The molecule has 0 saturated heterocycles. The van der Waals surface area contributed by atoms with Gasteiger partial charge in [0.05, 0.1) is 4.88 Å². The number of hydrogen-bond acceptors (Lipinski definition) is 3. The van der Waals surface area contributed by atoms with Crippen LogP contribution in [0.5, 0.6) is 0 Å². The molecule has 2 aromatic rings. The summed E-state index contributed by atoms with van der Waals surface area (Å²) in [7, 11) is 0. The summed E-state index contributed by atoms with van der Waals surface area (Å²) < 4.78 is 36.2. The van der Waals surface area contributed by atoms with Crippen molar-refractivity contribution in [2.24, 2.45) is 0 Å². The Morgan fingerprint density at radius 3 is 2.79 bits per heavy atom. The molecule has 2 rings (SSSR count). The van der Waals surface area contributed by atoms with Gasteiger partial charge >= 0.3 is 6.18 Å². The first-order chi connectivity index (χ1) is 8.97. The molecule has 0 aliphatic carbocycles. The number of rotatable bonds is 3. The third kappa shape index (κ3) is 3.54. The van der Waals surface area contributed by atoms with Crippen molar-refractivity contribution >= 4 is 17.2 Å². The fourth-order valence-corrected chi connectivity index (χ4v) is 2.33. The van der Waals surface area contributed by atoms with Gasteiger partial charge in [-0.05, 0) is 17.5 Å². The Labute approximate surface area is 111 Å². The molecule has 0 saturated carbocycles. The number of halogens is 3. The van der Waals surface area contributed by atoms with E-state index >= 15 is 0 Å². The first-order valence-corrected chi connectivity index (χ1v) is 6.18. The van der Waals surface area contributed by atoms with Crippen LogP contribution in [0.4, 0.5) is 13.2 Å². The van der Waals surface area contributed by atoms with Gasteiger partial charge in [0, 0.05) is 23.5 Å². The molecule has 0 aliphatic rings. The second-order valence-corrected chi connectivity index (χ2v) is 4.62. The number of pyridine rings is 1. The second kappa shape index (κ2) is 5.40. The second-order valence-electron chi connectivity index (χ2n) is 3.70. The molecule has 0 aliphatic heterocycles. The highest BCUT2D eigenvalue weighted by molar-refractivity contribution is 7.12. The first kappa shape index (κ1) is 13.5. The van der Waals surface area contributed by atoms with Crippen LogP contribution in [0.2, 0.25) is 0 Å². The molecule has 100 valence electrons. The van der Waals surface area contributed by atoms with Gasteiger partial charge in [-0.2, -0.15) is 13.2 Å². The smallest absolute Gasteiger partial charge is 0.342 e. The van der Waals surface area contributed by atoms with Gasteiger partial charge in [0.1, 0.15) is 6.54 Å². The van der Waals surface area contributed by atoms with Crippen molar-refractivity contribution in [1.29, 1.82) is 0 Å². The molecule has 0 unspecified atom stereocenters. The van der Waals surface area contributed by atoms with Gasteiger partial charge in [0.2, 0.25) is 0 Å². The van der Waals surface area contributed by atoms with E-state index in [1.54, 1.807) is 36.0 Å². The summed E-state index contributed by atoms with van der Waals surface area (Å²) in [5.74, 6) is -0.730. The molecular weight excluding hydrogens is 277 g/mol. The predicted octanol–water partition coefficient (Wildman–Crippen LogP) is 3.10. The number of aromatic nitrogens is 1. The van der Waals surface area contributed by atoms with Crippen LogP contribution in [0, 0.1) is 0 Å². The van der Waals surface area contributed by atoms with E-state index in [1.807, 2.05) is 5.32 Å². The van der Waals surface area contributed by atoms with Gasteiger partial charge in [-0.3, -0.25) is 9.78 Å². The predicted molar refractivity (Wildman–Crippen MR) is 65.9 cm³/mol. The maximum Gasteiger partial charge on any atom is 0.405 e. The number of nitrogens with zero attached hydrogens (tertiary/aromatic N) is 1. The van der Waals surface area contributed by atoms with Gasteiger partial charge in [0.15, 0.2) is 0 Å². The Balaban J connectivity index is 2.18. The third-order valence-corrected chi connectivity index (χ3v) is 3.21. The van der Waals surface area contributed by atoms with Gasteiger partial charge in [-0.1, -0.05) is 6.07 Å². The molecule has 0 aromatic carbocycles. The zero-order chi connectivity index (χ0) is 13.9. The van der Waals surface area contributed by atoms with Crippen molar-refractivity contribution in [2.45, 2.75) is 6.18 Å². The van der Waals surface area contributed by atoms with E-state index in [1.165, 1.54) is 0 Å². The molecule has 1 amide bonds. The lowest BCUT2D eigenvalue weighted by Crippen LogP contribution is -2.33. The van der Waals surface area contributed by atoms with Crippen molar-refractivity contribution in [3.63, 3.8) is 0 Å². The van der Waals surface area contributed by atoms with Gasteiger partial charge in [-0.15, -0.1) is 11.3 Å². The van der Waals surface area contributed by atoms with E-state index in [0.29, 0.717) is 11.1 Å². The Bertz CT molecular complexity index is 566. The summed E-state index contributed by atoms with van der Waals surface area (Å²) >= 11 is 1.10. The number of amides is 1. The Morgan fingerprint density at radius 1 is 1.37 bits per heavy atom. The largest absolute Gasteiger partial charge is 0.405 e. The molecule has 0 spiro atoms. The van der Waals surface area contributed by atoms with Crippen LogP contribution in [-0.2, 0) is 0 Å². The summed E-state index contributed by atoms with van der Waals surface area (Å²) in [5, 5.41) is 3.52. The lowest BCUT2D eigenvalue weighted by molar-refractivity contribution is -0.123. The number of hydrogen-bond donors (Lipinski definition) is 1. The van der Waals surface area contributed by atoms with Crippen LogP contribution in [0.15, 0.2) is 36.0 Å². The van der Waals surface area contributed by atoms with Crippen LogP contribution in [0.1, 0.15) is 9.67 Å². The Kier molecular flexibility index (Phi) is 3.84. The minimum absolute atomic E-state index is 0.247. The lowest BCUT2D eigenvalue weighted by Gasteiger charge is -2.08. The lowest BCUT2D eigenvalue weighted by atomic mass is 10.1. The molecule has 3 nitrogen and oxygen atoms in total. The summed E-state index contributed by atoms with van der Waals surface area (Å²) in [5.41, 5.74) is 1.28. The average Bonchev–Trinajstić information content (AvgIpc) is 2.85. The average molecular weight is 286 g/mol. The first-order valence-electron chi connectivity index (χ1n) is 5.30. The molecule has 0 fully saturated rings. The summed E-state index contributed by atoms with van der Waals surface area (Å²) in [6, 6.07) is 5.13. The van der Waals surface area contributed by atoms with Gasteiger partial charge in [-0.25, -0.2) is 0 Å². The van der Waals surface area contributed by atoms with Crippen LogP contribution < -0.4 is 5.32 Å². The van der Waals surface area contributed by atoms with Crippen LogP contribution >= 0.6 is 11.3 Å². The maximum absolute atomic E-state index is 12.1. The van der Waals surface area contributed by atoms with Gasteiger partial charge < -0.3 is 5.32 Å². The fraction of sp³-hybridized carbons (Fsp3) is 0.167. The van der Waals surface area contributed by atoms with Crippen molar-refractivity contribution < 1.29 is 18.0 Å². The van der Waals surface area contributed by atoms with E-state index in [-0.39, 0.29) is 4.88 Å². The van der Waals surface area contributed by atoms with E-state index in [2.05, 4.69) is 4.98 Å². The van der Waals surface area contributed by atoms with E-state index < -0.39 is 18.6 Å². The van der Waals surface area contributed by atoms with E-state index in [4.69, 9.17) is 0 Å². The van der Waals surface area contributed by atoms with Crippen molar-refractivity contribution in [2.75, 3.05) is 6.54 Å². The maximum atomic E-state index is 12.1. The molecule has 19 heavy (non-hydrogen) atoms. The van der Waals surface area contributed by atoms with Crippen molar-refractivity contribution in [3.05, 3.63) is 40.8 Å². The number of carbonyl (C=O) groups is 1. The zero-order valence-electron chi connectivity index (χ0n) is 9.57.